The van der Waals surface area contributed by atoms with Crippen LogP contribution in [0.4, 0.5) is 16.4 Å². The first kappa shape index (κ1) is 25.8. The van der Waals surface area contributed by atoms with Crippen molar-refractivity contribution in [1.82, 2.24) is 29.6 Å². The minimum Gasteiger partial charge on any atom is -0.465 e. The number of carboxylic acid groups (broad SMARTS) is 1. The molecule has 0 atom stereocenters. The maximum atomic E-state index is 13.7. The lowest BCUT2D eigenvalue weighted by Gasteiger charge is -2.24. The van der Waals surface area contributed by atoms with Gasteiger partial charge in [0, 0.05) is 31.4 Å². The van der Waals surface area contributed by atoms with Gasteiger partial charge in [-0.15, -0.1) is 10.2 Å². The number of nitrogens with zero attached hydrogens (tertiary/aromatic N) is 8. The smallest absolute Gasteiger partial charge is 0.407 e. The Balaban J connectivity index is 1.52. The van der Waals surface area contributed by atoms with Crippen LogP contribution in [0.3, 0.4) is 0 Å². The number of fused-ring (bicyclic) bond motifs is 1. The quantitative estimate of drug-likeness (QED) is 0.381. The molecule has 1 aliphatic rings. The maximum Gasteiger partial charge on any atom is 0.407 e. The van der Waals surface area contributed by atoms with Gasteiger partial charge in [-0.1, -0.05) is 23.8 Å². The first-order valence-corrected chi connectivity index (χ1v) is 12.6. The van der Waals surface area contributed by atoms with Gasteiger partial charge in [0.25, 0.3) is 5.91 Å². The molecule has 0 fully saturated rings. The summed E-state index contributed by atoms with van der Waals surface area (Å²) in [5, 5.41) is 17.9. The number of anilines is 2. The van der Waals surface area contributed by atoms with Crippen LogP contribution < -0.4 is 9.80 Å². The van der Waals surface area contributed by atoms with Crippen LogP contribution in [0.5, 0.6) is 0 Å². The number of hydrogen-bond acceptors (Lipinski definition) is 7. The Hall–Kier alpha value is -4.80. The summed E-state index contributed by atoms with van der Waals surface area (Å²) in [6, 6.07) is 15.4. The molecule has 11 nitrogen and oxygen atoms in total. The average Bonchev–Trinajstić information content (AvgIpc) is 3.54. The van der Waals surface area contributed by atoms with Crippen molar-refractivity contribution in [3.05, 3.63) is 77.2 Å². The molecule has 4 heterocycles. The third-order valence-electron chi connectivity index (χ3n) is 6.94. The van der Waals surface area contributed by atoms with E-state index in [1.54, 1.807) is 23.4 Å². The summed E-state index contributed by atoms with van der Waals surface area (Å²) in [5.41, 5.74) is 4.36. The van der Waals surface area contributed by atoms with Crippen LogP contribution >= 0.6 is 0 Å². The molecule has 0 saturated heterocycles. The number of amides is 2. The molecule has 0 bridgehead atoms. The predicted octanol–water partition coefficient (Wildman–Crippen LogP) is 4.15. The molecule has 4 aromatic rings. The van der Waals surface area contributed by atoms with Crippen molar-refractivity contribution in [2.45, 2.75) is 39.9 Å². The number of pyridine rings is 2. The second-order valence-corrected chi connectivity index (χ2v) is 9.93. The van der Waals surface area contributed by atoms with Crippen molar-refractivity contribution in [1.29, 1.82) is 0 Å². The number of aromatic nitrogens is 5. The van der Waals surface area contributed by atoms with E-state index in [-0.39, 0.29) is 25.0 Å². The van der Waals surface area contributed by atoms with Crippen LogP contribution in [0.15, 0.2) is 54.9 Å². The van der Waals surface area contributed by atoms with Crippen molar-refractivity contribution in [3.63, 3.8) is 0 Å². The van der Waals surface area contributed by atoms with Crippen LogP contribution in [0.1, 0.15) is 41.0 Å². The standard InChI is InChI=1S/C28H30N8O3/c1-17(2)34(5)25-13-20-21(23(31-25)15-33(4)28(38)39)14-35(27(20)37)24-8-6-7-22(30-24)26-32-29-16-36(26)19-11-9-18(3)10-12-19/h6-13,16-17H,14-15H2,1-5H3,(H,38,39). The Kier molecular flexibility index (Phi) is 6.73. The SMILES string of the molecule is Cc1ccc(-n2cnnc2-c2cccc(N3Cc4c(cc(N(C)C(C)C)nc4CN(C)C(=O)O)C3=O)n2)cc1. The molecule has 200 valence electrons. The maximum absolute atomic E-state index is 13.7. The van der Waals surface area contributed by atoms with E-state index < -0.39 is 6.09 Å². The molecule has 0 aliphatic carbocycles. The van der Waals surface area contributed by atoms with E-state index in [0.717, 1.165) is 16.2 Å². The van der Waals surface area contributed by atoms with E-state index >= 15 is 0 Å². The second-order valence-electron chi connectivity index (χ2n) is 9.93. The minimum absolute atomic E-state index is 0.0612. The van der Waals surface area contributed by atoms with Gasteiger partial charge in [0.2, 0.25) is 0 Å². The van der Waals surface area contributed by atoms with E-state index in [9.17, 15) is 14.7 Å². The number of hydrogen-bond donors (Lipinski definition) is 1. The van der Waals surface area contributed by atoms with Gasteiger partial charge in [-0.3, -0.25) is 14.3 Å². The van der Waals surface area contributed by atoms with Crippen LogP contribution in [-0.4, -0.2) is 66.9 Å². The lowest BCUT2D eigenvalue weighted by atomic mass is 10.1. The van der Waals surface area contributed by atoms with Crippen molar-refractivity contribution in [3.8, 4) is 17.2 Å². The number of rotatable bonds is 7. The normalized spacial score (nSPS) is 12.7. The minimum atomic E-state index is -1.07. The molecule has 11 heteroatoms. The zero-order chi connectivity index (χ0) is 27.8. The number of benzene rings is 1. The van der Waals surface area contributed by atoms with Gasteiger partial charge in [0.15, 0.2) is 5.82 Å². The lowest BCUT2D eigenvalue weighted by molar-refractivity contribution is 0.0996. The third kappa shape index (κ3) is 4.90. The molecular weight excluding hydrogens is 496 g/mol. The second kappa shape index (κ2) is 10.2. The molecule has 1 aliphatic heterocycles. The van der Waals surface area contributed by atoms with Crippen LogP contribution in [0.25, 0.3) is 17.2 Å². The van der Waals surface area contributed by atoms with E-state index in [2.05, 4.69) is 10.2 Å². The molecule has 0 radical (unpaired) electrons. The fourth-order valence-corrected chi connectivity index (χ4v) is 4.41. The summed E-state index contributed by atoms with van der Waals surface area (Å²) in [6.07, 6.45) is 0.566. The summed E-state index contributed by atoms with van der Waals surface area (Å²) in [7, 11) is 3.38. The Morgan fingerprint density at radius 1 is 1.10 bits per heavy atom. The van der Waals surface area contributed by atoms with Crippen LogP contribution in [0, 0.1) is 6.92 Å². The molecule has 0 saturated carbocycles. The highest BCUT2D eigenvalue weighted by atomic mass is 16.4. The molecule has 0 spiro atoms. The van der Waals surface area contributed by atoms with E-state index in [4.69, 9.17) is 9.97 Å². The molecular formula is C28H30N8O3. The van der Waals surface area contributed by atoms with Gasteiger partial charge in [-0.25, -0.2) is 14.8 Å². The first-order chi connectivity index (χ1) is 18.6. The van der Waals surface area contributed by atoms with Gasteiger partial charge in [0.05, 0.1) is 24.3 Å². The van der Waals surface area contributed by atoms with Gasteiger partial charge in [-0.2, -0.15) is 0 Å². The Labute approximate surface area is 226 Å². The van der Waals surface area contributed by atoms with Gasteiger partial charge in [0.1, 0.15) is 23.7 Å². The molecule has 2 amide bonds. The van der Waals surface area contributed by atoms with Crippen LogP contribution in [0.2, 0.25) is 0 Å². The van der Waals surface area contributed by atoms with Gasteiger partial charge < -0.3 is 14.9 Å². The molecule has 5 rings (SSSR count). The molecule has 3 aromatic heterocycles. The molecule has 0 unspecified atom stereocenters. The Morgan fingerprint density at radius 2 is 1.85 bits per heavy atom. The topological polar surface area (TPSA) is 121 Å². The predicted molar refractivity (Wildman–Crippen MR) is 147 cm³/mol. The average molecular weight is 527 g/mol. The molecule has 39 heavy (non-hydrogen) atoms. The summed E-state index contributed by atoms with van der Waals surface area (Å²) < 4.78 is 1.85. The highest BCUT2D eigenvalue weighted by molar-refractivity contribution is 6.10. The van der Waals surface area contributed by atoms with Crippen molar-refractivity contribution < 1.29 is 14.7 Å². The Morgan fingerprint density at radius 3 is 2.54 bits per heavy atom. The fraction of sp³-hybridized carbons (Fsp3) is 0.286. The van der Waals surface area contributed by atoms with Crippen LogP contribution in [-0.2, 0) is 13.1 Å². The van der Waals surface area contributed by atoms with E-state index in [1.165, 1.54) is 7.05 Å². The zero-order valence-corrected chi connectivity index (χ0v) is 22.5. The monoisotopic (exact) mass is 526 g/mol. The fourth-order valence-electron chi connectivity index (χ4n) is 4.41. The highest BCUT2D eigenvalue weighted by Gasteiger charge is 2.34. The summed E-state index contributed by atoms with van der Waals surface area (Å²) in [6.45, 7) is 6.37. The third-order valence-corrected chi connectivity index (χ3v) is 6.94. The van der Waals surface area contributed by atoms with E-state index in [0.29, 0.717) is 40.0 Å². The van der Waals surface area contributed by atoms with Gasteiger partial charge >= 0.3 is 6.09 Å². The lowest BCUT2D eigenvalue weighted by Crippen LogP contribution is -2.29. The number of carbonyl (C=O) groups is 2. The Bertz CT molecular complexity index is 1550. The number of aryl methyl sites for hydroxylation is 1. The largest absolute Gasteiger partial charge is 0.465 e. The van der Waals surface area contributed by atoms with Crippen molar-refractivity contribution in [2.24, 2.45) is 0 Å². The van der Waals surface area contributed by atoms with Gasteiger partial charge in [-0.05, 0) is 51.1 Å². The molecule has 1 aromatic carbocycles. The summed E-state index contributed by atoms with van der Waals surface area (Å²) in [4.78, 5) is 39.5. The van der Waals surface area contributed by atoms with Crippen molar-refractivity contribution in [2.75, 3.05) is 23.9 Å². The highest BCUT2D eigenvalue weighted by Crippen LogP contribution is 2.33. The summed E-state index contributed by atoms with van der Waals surface area (Å²) in [5.74, 6) is 1.41. The van der Waals surface area contributed by atoms with E-state index in [1.807, 2.05) is 73.7 Å². The zero-order valence-electron chi connectivity index (χ0n) is 22.5. The number of carbonyl (C=O) groups excluding carboxylic acids is 1. The van der Waals surface area contributed by atoms with Crippen molar-refractivity contribution >= 4 is 23.6 Å². The molecule has 1 N–H and O–H groups in total. The first-order valence-electron chi connectivity index (χ1n) is 12.6. The summed E-state index contributed by atoms with van der Waals surface area (Å²) >= 11 is 0.